The van der Waals surface area contributed by atoms with Gasteiger partial charge in [0, 0.05) is 26.2 Å². The number of piperidine rings is 1. The number of likely N-dealkylation sites (tertiary alicyclic amines) is 2. The summed E-state index contributed by atoms with van der Waals surface area (Å²) in [7, 11) is 0. The summed E-state index contributed by atoms with van der Waals surface area (Å²) in [4.78, 5) is 16.4. The number of carbonyl (C=O) groups excluding carboxylic acids is 1. The molecule has 16 heavy (non-hydrogen) atoms. The van der Waals surface area contributed by atoms with E-state index in [9.17, 15) is 4.79 Å². The van der Waals surface area contributed by atoms with Crippen molar-refractivity contribution in [2.75, 3.05) is 39.3 Å². The van der Waals surface area contributed by atoms with Crippen molar-refractivity contribution < 1.29 is 4.79 Å². The lowest BCUT2D eigenvalue weighted by atomic mass is 10.1. The number of amides is 1. The van der Waals surface area contributed by atoms with Crippen molar-refractivity contribution in [3.8, 4) is 0 Å². The summed E-state index contributed by atoms with van der Waals surface area (Å²) in [6.07, 6.45) is 4.98. The lowest BCUT2D eigenvalue weighted by Gasteiger charge is -2.28. The topological polar surface area (TPSA) is 49.6 Å². The zero-order chi connectivity index (χ0) is 11.4. The van der Waals surface area contributed by atoms with Crippen molar-refractivity contribution in [2.45, 2.75) is 25.7 Å². The summed E-state index contributed by atoms with van der Waals surface area (Å²) < 4.78 is 0. The molecule has 0 radical (unpaired) electrons. The molecule has 0 aromatic carbocycles. The van der Waals surface area contributed by atoms with Crippen LogP contribution in [0.4, 0.5) is 0 Å². The first-order chi connectivity index (χ1) is 7.81. The highest BCUT2D eigenvalue weighted by molar-refractivity contribution is 5.81. The normalized spacial score (nSPS) is 27.7. The van der Waals surface area contributed by atoms with Crippen LogP contribution in [-0.4, -0.2) is 55.0 Å². The van der Waals surface area contributed by atoms with Crippen LogP contribution < -0.4 is 5.73 Å². The van der Waals surface area contributed by atoms with Gasteiger partial charge in [0.1, 0.15) is 0 Å². The molecule has 2 fully saturated rings. The van der Waals surface area contributed by atoms with Crippen molar-refractivity contribution in [1.29, 1.82) is 0 Å². The molecule has 1 amide bonds. The molecule has 4 nitrogen and oxygen atoms in total. The molecular formula is C12H23N3O. The van der Waals surface area contributed by atoms with E-state index in [1.54, 1.807) is 0 Å². The monoisotopic (exact) mass is 225 g/mol. The number of rotatable bonds is 4. The van der Waals surface area contributed by atoms with Crippen molar-refractivity contribution in [3.05, 3.63) is 0 Å². The van der Waals surface area contributed by atoms with Crippen molar-refractivity contribution in [2.24, 2.45) is 11.7 Å². The predicted octanol–water partition coefficient (Wildman–Crippen LogP) is 0.279. The molecule has 0 aromatic rings. The average molecular weight is 225 g/mol. The Hall–Kier alpha value is -0.610. The first-order valence-electron chi connectivity index (χ1n) is 6.52. The van der Waals surface area contributed by atoms with Gasteiger partial charge < -0.3 is 15.5 Å². The zero-order valence-corrected chi connectivity index (χ0v) is 10.0. The van der Waals surface area contributed by atoms with Crippen molar-refractivity contribution in [1.82, 2.24) is 9.80 Å². The van der Waals surface area contributed by atoms with E-state index in [-0.39, 0.29) is 5.92 Å². The summed E-state index contributed by atoms with van der Waals surface area (Å²) in [5.74, 6) is 0.570. The minimum atomic E-state index is 0.240. The summed E-state index contributed by atoms with van der Waals surface area (Å²) in [5, 5.41) is 0. The Morgan fingerprint density at radius 1 is 1.19 bits per heavy atom. The molecule has 0 saturated carbocycles. The number of nitrogens with two attached hydrogens (primary N) is 1. The van der Waals surface area contributed by atoms with E-state index in [1.165, 1.54) is 32.4 Å². The molecule has 0 aromatic heterocycles. The Labute approximate surface area is 97.8 Å². The summed E-state index contributed by atoms with van der Waals surface area (Å²) in [6, 6.07) is 0. The van der Waals surface area contributed by atoms with Crippen LogP contribution in [0.15, 0.2) is 0 Å². The fourth-order valence-electron chi connectivity index (χ4n) is 2.80. The third-order valence-electron chi connectivity index (χ3n) is 3.73. The van der Waals surface area contributed by atoms with Crippen LogP contribution >= 0.6 is 0 Å². The molecule has 2 saturated heterocycles. The summed E-state index contributed by atoms with van der Waals surface area (Å²) in [6.45, 7) is 5.56. The molecule has 1 unspecified atom stereocenters. The van der Waals surface area contributed by atoms with E-state index >= 15 is 0 Å². The van der Waals surface area contributed by atoms with Crippen LogP contribution in [0, 0.1) is 5.92 Å². The molecule has 2 aliphatic heterocycles. The van der Waals surface area contributed by atoms with E-state index in [0.717, 1.165) is 26.1 Å². The molecule has 2 heterocycles. The van der Waals surface area contributed by atoms with E-state index in [1.807, 2.05) is 4.90 Å². The second kappa shape index (κ2) is 5.64. The van der Waals surface area contributed by atoms with Crippen molar-refractivity contribution >= 4 is 5.91 Å². The summed E-state index contributed by atoms with van der Waals surface area (Å²) >= 11 is 0. The molecule has 1 atom stereocenters. The Balaban J connectivity index is 1.79. The quantitative estimate of drug-likeness (QED) is 0.747. The Morgan fingerprint density at radius 2 is 1.94 bits per heavy atom. The first-order valence-corrected chi connectivity index (χ1v) is 6.52. The second-order valence-corrected chi connectivity index (χ2v) is 4.96. The van der Waals surface area contributed by atoms with Crippen LogP contribution in [0.2, 0.25) is 0 Å². The van der Waals surface area contributed by atoms with Gasteiger partial charge in [-0.2, -0.15) is 0 Å². The minimum Gasteiger partial charge on any atom is -0.341 e. The molecule has 0 aliphatic carbocycles. The largest absolute Gasteiger partial charge is 0.341 e. The lowest BCUT2D eigenvalue weighted by Crippen LogP contribution is -2.38. The SMILES string of the molecule is NCCN1CCC(CN2CCCCC2)C1=O. The fourth-order valence-corrected chi connectivity index (χ4v) is 2.80. The highest BCUT2D eigenvalue weighted by Gasteiger charge is 2.32. The average Bonchev–Trinajstić information content (AvgIpc) is 2.64. The van der Waals surface area contributed by atoms with Crippen LogP contribution in [0.25, 0.3) is 0 Å². The molecule has 2 rings (SSSR count). The van der Waals surface area contributed by atoms with Gasteiger partial charge in [0.25, 0.3) is 0 Å². The Morgan fingerprint density at radius 3 is 2.62 bits per heavy atom. The molecule has 0 spiro atoms. The van der Waals surface area contributed by atoms with E-state index < -0.39 is 0 Å². The number of nitrogens with zero attached hydrogens (tertiary/aromatic N) is 2. The second-order valence-electron chi connectivity index (χ2n) is 4.96. The van der Waals surface area contributed by atoms with Gasteiger partial charge >= 0.3 is 0 Å². The van der Waals surface area contributed by atoms with Gasteiger partial charge in [0.15, 0.2) is 0 Å². The lowest BCUT2D eigenvalue weighted by molar-refractivity contribution is -0.131. The number of carbonyl (C=O) groups is 1. The Bertz CT molecular complexity index is 238. The smallest absolute Gasteiger partial charge is 0.227 e. The van der Waals surface area contributed by atoms with Gasteiger partial charge in [-0.05, 0) is 32.4 Å². The van der Waals surface area contributed by atoms with Gasteiger partial charge in [-0.3, -0.25) is 4.79 Å². The van der Waals surface area contributed by atoms with Crippen LogP contribution in [0.3, 0.4) is 0 Å². The first kappa shape index (κ1) is 11.9. The van der Waals surface area contributed by atoms with Crippen LogP contribution in [-0.2, 0) is 4.79 Å². The maximum atomic E-state index is 12.0. The third-order valence-corrected chi connectivity index (χ3v) is 3.73. The van der Waals surface area contributed by atoms with E-state index in [4.69, 9.17) is 5.73 Å². The minimum absolute atomic E-state index is 0.240. The molecular weight excluding hydrogens is 202 g/mol. The molecule has 92 valence electrons. The van der Waals surface area contributed by atoms with Gasteiger partial charge in [0.2, 0.25) is 5.91 Å². The highest BCUT2D eigenvalue weighted by atomic mass is 16.2. The molecule has 0 bridgehead atoms. The van der Waals surface area contributed by atoms with Gasteiger partial charge in [-0.25, -0.2) is 0 Å². The fraction of sp³-hybridized carbons (Fsp3) is 0.917. The zero-order valence-electron chi connectivity index (χ0n) is 10.0. The maximum absolute atomic E-state index is 12.0. The molecule has 2 N–H and O–H groups in total. The van der Waals surface area contributed by atoms with E-state index in [2.05, 4.69) is 4.90 Å². The maximum Gasteiger partial charge on any atom is 0.227 e. The highest BCUT2D eigenvalue weighted by Crippen LogP contribution is 2.20. The number of hydrogen-bond acceptors (Lipinski definition) is 3. The third kappa shape index (κ3) is 2.74. The van der Waals surface area contributed by atoms with Gasteiger partial charge in [-0.1, -0.05) is 6.42 Å². The van der Waals surface area contributed by atoms with Crippen LogP contribution in [0.5, 0.6) is 0 Å². The standard InChI is InChI=1S/C12H23N3O/c13-5-9-15-8-4-11(12(15)16)10-14-6-2-1-3-7-14/h11H,1-10,13H2. The van der Waals surface area contributed by atoms with Crippen LogP contribution in [0.1, 0.15) is 25.7 Å². The van der Waals surface area contributed by atoms with Gasteiger partial charge in [-0.15, -0.1) is 0 Å². The number of hydrogen-bond donors (Lipinski definition) is 1. The van der Waals surface area contributed by atoms with E-state index in [0.29, 0.717) is 12.5 Å². The summed E-state index contributed by atoms with van der Waals surface area (Å²) in [5.41, 5.74) is 5.50. The molecule has 2 aliphatic rings. The molecule has 4 heteroatoms. The van der Waals surface area contributed by atoms with Gasteiger partial charge in [0.05, 0.1) is 5.92 Å². The Kier molecular flexibility index (Phi) is 4.18. The van der Waals surface area contributed by atoms with Crippen molar-refractivity contribution in [3.63, 3.8) is 0 Å². The predicted molar refractivity (Wildman–Crippen MR) is 64.0 cm³/mol.